The first-order valence-electron chi connectivity index (χ1n) is 26.5. The minimum Gasteiger partial charge on any atom is -0.507 e. The molecule has 0 amide bonds. The minimum absolute atomic E-state index is 0.0132. The van der Waals surface area contributed by atoms with Gasteiger partial charge in [0.15, 0.2) is 0 Å². The zero-order valence-electron chi connectivity index (χ0n) is 46.2. The third kappa shape index (κ3) is 10.2. The highest BCUT2D eigenvalue weighted by Crippen LogP contribution is 2.46. The largest absolute Gasteiger partial charge is 0.507 e. The number of nitrogens with zero attached hydrogens (tertiary/aromatic N) is 3. The maximum Gasteiger partial charge on any atom is 0.149 e. The molecule has 75 heavy (non-hydrogen) atoms. The van der Waals surface area contributed by atoms with Crippen LogP contribution in [0.5, 0.6) is 5.75 Å². The van der Waals surface area contributed by atoms with Crippen LogP contribution in [-0.4, -0.2) is 19.6 Å². The van der Waals surface area contributed by atoms with Crippen LogP contribution in [0.4, 0.5) is 0 Å². The Morgan fingerprint density at radius 3 is 1.48 bits per heavy atom. The number of aryl methyl sites for hydroxylation is 1. The molecule has 0 aliphatic rings. The number of benzene rings is 8. The van der Waals surface area contributed by atoms with Gasteiger partial charge in [0.1, 0.15) is 11.6 Å². The fourth-order valence-corrected chi connectivity index (χ4v) is 10.3. The Balaban J connectivity index is 1.19. The molecule has 0 radical (unpaired) electrons. The summed E-state index contributed by atoms with van der Waals surface area (Å²) in [5, 5.41) is 12.6. The number of aromatic nitrogens is 3. The van der Waals surface area contributed by atoms with E-state index < -0.39 is 0 Å². The molecule has 0 fully saturated rings. The molecule has 4 nitrogen and oxygen atoms in total. The Morgan fingerprint density at radius 1 is 0.387 bits per heavy atom. The maximum atomic E-state index is 12.6. The monoisotopic (exact) mass is 982 g/mol. The van der Waals surface area contributed by atoms with Crippen LogP contribution in [0.15, 0.2) is 188 Å². The zero-order valence-corrected chi connectivity index (χ0v) is 46.2. The molecule has 10 aromatic rings. The van der Waals surface area contributed by atoms with Gasteiger partial charge >= 0.3 is 0 Å². The second kappa shape index (κ2) is 19.1. The lowest BCUT2D eigenvalue weighted by Crippen LogP contribution is -2.17. The lowest BCUT2D eigenvalue weighted by Gasteiger charge is -2.27. The summed E-state index contributed by atoms with van der Waals surface area (Å²) in [5.41, 5.74) is 21.8. The maximum absolute atomic E-state index is 12.6. The fourth-order valence-electron chi connectivity index (χ4n) is 10.3. The Hall–Kier alpha value is -7.82. The van der Waals surface area contributed by atoms with Crippen molar-refractivity contribution in [2.75, 3.05) is 0 Å². The predicted molar refractivity (Wildman–Crippen MR) is 318 cm³/mol. The quantitative estimate of drug-likeness (QED) is 0.165. The number of rotatable bonds is 8. The van der Waals surface area contributed by atoms with E-state index in [4.69, 9.17) is 9.97 Å². The highest BCUT2D eigenvalue weighted by atomic mass is 16.3. The highest BCUT2D eigenvalue weighted by Gasteiger charge is 2.30. The number of phenolic OH excluding ortho intramolecular Hbond substituents is 1. The average molecular weight is 982 g/mol. The summed E-state index contributed by atoms with van der Waals surface area (Å²) >= 11 is 0. The molecule has 0 unspecified atom stereocenters. The van der Waals surface area contributed by atoms with Crippen molar-refractivity contribution in [2.24, 2.45) is 0 Å². The fraction of sp³-hybridized carbons (Fsp3) is 0.239. The van der Waals surface area contributed by atoms with Crippen LogP contribution in [0.2, 0.25) is 0 Å². The van der Waals surface area contributed by atoms with E-state index in [-0.39, 0.29) is 27.4 Å². The van der Waals surface area contributed by atoms with E-state index in [9.17, 15) is 5.11 Å². The molecule has 1 N–H and O–H groups in total. The van der Waals surface area contributed by atoms with Gasteiger partial charge in [0.05, 0.1) is 28.0 Å². The van der Waals surface area contributed by atoms with Gasteiger partial charge in [-0.05, 0) is 156 Å². The molecule has 0 aliphatic heterocycles. The van der Waals surface area contributed by atoms with Gasteiger partial charge in [-0.1, -0.05) is 210 Å². The molecule has 0 aliphatic carbocycles. The molecule has 0 atom stereocenters. The lowest BCUT2D eigenvalue weighted by atomic mass is 9.78. The van der Waals surface area contributed by atoms with Crippen molar-refractivity contribution in [3.05, 3.63) is 216 Å². The van der Waals surface area contributed by atoms with Gasteiger partial charge < -0.3 is 5.11 Å². The van der Waals surface area contributed by atoms with Crippen LogP contribution in [0, 0.1) is 6.92 Å². The SMILES string of the molecule is Cc1cc(-c2cc(C(C)(C)C)cc(C(C)(C)C)c2)ccc1-n1c(-c2cc(C(C)(C)C)cc(C(C)(C)C)c2O)nc2c(-c3cc(-c4ccccc4)cc(-c4cc(-c5ccc(-c6ccccc6)cc5)ccn4)c3)cccc21. The number of aromatic hydroxyl groups is 1. The van der Waals surface area contributed by atoms with E-state index in [1.54, 1.807) is 0 Å². The second-order valence-electron chi connectivity index (χ2n) is 24.7. The normalized spacial score (nSPS) is 12.4. The van der Waals surface area contributed by atoms with E-state index >= 15 is 0 Å². The Bertz CT molecular complexity index is 3710. The van der Waals surface area contributed by atoms with Crippen LogP contribution < -0.4 is 0 Å². The van der Waals surface area contributed by atoms with E-state index in [1.807, 2.05) is 6.20 Å². The molecule has 2 heterocycles. The number of fused-ring (bicyclic) bond motifs is 1. The summed E-state index contributed by atoms with van der Waals surface area (Å²) in [7, 11) is 0. The van der Waals surface area contributed by atoms with E-state index in [1.165, 1.54) is 33.4 Å². The van der Waals surface area contributed by atoms with E-state index in [0.29, 0.717) is 11.4 Å². The summed E-state index contributed by atoms with van der Waals surface area (Å²) < 4.78 is 2.29. The standard InChI is InChI=1S/C71H71N3O/c1-45-35-50(53-39-56(68(2,3)4)42-57(40-53)69(5,6)7)31-32-63(45)74-64-26-20-25-59(65(64)73-67(74)60-43-58(70(8,9)10)44-61(66(60)75)71(11,12)13)54-36-52(47-23-18-15-19-24-47)37-55(38-54)62-41-51(33-34-72-62)49-29-27-48(28-30-49)46-21-16-14-17-22-46/h14-44,75H,1-13H3. The summed E-state index contributed by atoms with van der Waals surface area (Å²) in [5.74, 6) is 0.949. The van der Waals surface area contributed by atoms with Gasteiger partial charge in [0.25, 0.3) is 0 Å². The zero-order chi connectivity index (χ0) is 53.2. The third-order valence-corrected chi connectivity index (χ3v) is 14.9. The third-order valence-electron chi connectivity index (χ3n) is 14.9. The molecule has 0 saturated carbocycles. The number of imidazole rings is 1. The number of pyridine rings is 1. The van der Waals surface area contributed by atoms with Crippen LogP contribution in [0.3, 0.4) is 0 Å². The topological polar surface area (TPSA) is 50.9 Å². The van der Waals surface area contributed by atoms with Crippen molar-refractivity contribution in [1.29, 1.82) is 0 Å². The molecule has 10 rings (SSSR count). The molecule has 0 bridgehead atoms. The molecular weight excluding hydrogens is 911 g/mol. The molecule has 8 aromatic carbocycles. The van der Waals surface area contributed by atoms with Crippen molar-refractivity contribution in [1.82, 2.24) is 14.5 Å². The first kappa shape index (κ1) is 50.7. The summed E-state index contributed by atoms with van der Waals surface area (Å²) in [6.45, 7) is 29.2. The highest BCUT2D eigenvalue weighted by molar-refractivity contribution is 5.98. The first-order valence-corrected chi connectivity index (χ1v) is 26.5. The molecule has 376 valence electrons. The van der Waals surface area contributed by atoms with Crippen molar-refractivity contribution in [2.45, 2.75) is 112 Å². The predicted octanol–water partition coefficient (Wildman–Crippen LogP) is 19.3. The second-order valence-corrected chi connectivity index (χ2v) is 24.7. The van der Waals surface area contributed by atoms with Crippen LogP contribution >= 0.6 is 0 Å². The Kier molecular flexibility index (Phi) is 12.9. The molecule has 2 aromatic heterocycles. The van der Waals surface area contributed by atoms with E-state index in [0.717, 1.165) is 78.0 Å². The summed E-state index contributed by atoms with van der Waals surface area (Å²) in [4.78, 5) is 10.7. The Labute approximate surface area is 445 Å². The van der Waals surface area contributed by atoms with Crippen LogP contribution in [0.1, 0.15) is 111 Å². The molecule has 4 heteroatoms. The van der Waals surface area contributed by atoms with Crippen molar-refractivity contribution < 1.29 is 5.11 Å². The molecule has 0 spiro atoms. The van der Waals surface area contributed by atoms with Crippen molar-refractivity contribution in [3.8, 4) is 89.7 Å². The van der Waals surface area contributed by atoms with Gasteiger partial charge in [0, 0.05) is 22.9 Å². The smallest absolute Gasteiger partial charge is 0.149 e. The van der Waals surface area contributed by atoms with Crippen molar-refractivity contribution >= 4 is 11.0 Å². The van der Waals surface area contributed by atoms with Gasteiger partial charge in [-0.25, -0.2) is 4.98 Å². The average Bonchev–Trinajstić information content (AvgIpc) is 3.78. The number of phenols is 1. The van der Waals surface area contributed by atoms with Gasteiger partial charge in [-0.2, -0.15) is 0 Å². The van der Waals surface area contributed by atoms with Crippen molar-refractivity contribution in [3.63, 3.8) is 0 Å². The molecular formula is C71H71N3O. The molecule has 0 saturated heterocycles. The summed E-state index contributed by atoms with van der Waals surface area (Å²) in [6.07, 6.45) is 1.92. The van der Waals surface area contributed by atoms with Gasteiger partial charge in [-0.3, -0.25) is 9.55 Å². The minimum atomic E-state index is -0.335. The van der Waals surface area contributed by atoms with Gasteiger partial charge in [0.2, 0.25) is 0 Å². The Morgan fingerprint density at radius 2 is 0.893 bits per heavy atom. The van der Waals surface area contributed by atoms with E-state index in [2.05, 4.69) is 277 Å². The lowest BCUT2D eigenvalue weighted by molar-refractivity contribution is 0.446. The first-order chi connectivity index (χ1) is 35.5. The number of hydrogen-bond donors (Lipinski definition) is 1. The van der Waals surface area contributed by atoms with Crippen LogP contribution in [0.25, 0.3) is 95.0 Å². The number of hydrogen-bond acceptors (Lipinski definition) is 3. The van der Waals surface area contributed by atoms with Crippen LogP contribution in [-0.2, 0) is 21.7 Å². The summed E-state index contributed by atoms with van der Waals surface area (Å²) in [6, 6.07) is 65.8. The van der Waals surface area contributed by atoms with Gasteiger partial charge in [-0.15, -0.1) is 0 Å². The number of para-hydroxylation sites is 1.